The van der Waals surface area contributed by atoms with Crippen LogP contribution >= 0.6 is 0 Å². The fraction of sp³-hybridized carbons (Fsp3) is 0.652. The summed E-state index contributed by atoms with van der Waals surface area (Å²) < 4.78 is 5.91. The minimum absolute atomic E-state index is 0.407. The van der Waals surface area contributed by atoms with Gasteiger partial charge in [0, 0.05) is 19.5 Å². The molecule has 2 atom stereocenters. The number of carbonyl (C=O) groups excluding carboxylic acids is 1. The lowest BCUT2D eigenvalue weighted by Gasteiger charge is -2.34. The van der Waals surface area contributed by atoms with Gasteiger partial charge in [-0.1, -0.05) is 6.42 Å². The lowest BCUT2D eigenvalue weighted by molar-refractivity contribution is -0.134. The van der Waals surface area contributed by atoms with Gasteiger partial charge in [-0.3, -0.25) is 4.79 Å². The van der Waals surface area contributed by atoms with Crippen LogP contribution in [0.1, 0.15) is 51.4 Å². The van der Waals surface area contributed by atoms with Crippen LogP contribution < -0.4 is 16.0 Å². The lowest BCUT2D eigenvalue weighted by Crippen LogP contribution is -2.40. The molecule has 1 amide bonds. The Morgan fingerprint density at radius 2 is 1.97 bits per heavy atom. The Morgan fingerprint density at radius 1 is 1.21 bits per heavy atom. The van der Waals surface area contributed by atoms with Crippen LogP contribution in [0.2, 0.25) is 0 Å². The highest BCUT2D eigenvalue weighted by molar-refractivity contribution is 5.76. The molecule has 0 spiro atoms. The first-order valence-corrected chi connectivity index (χ1v) is 11.2. The molecule has 3 N–H and O–H groups in total. The molecule has 158 valence electrons. The number of nitrogens with zero attached hydrogens (tertiary/aromatic N) is 2. The highest BCUT2D eigenvalue weighted by atomic mass is 16.5. The van der Waals surface area contributed by atoms with E-state index in [2.05, 4.69) is 15.3 Å². The van der Waals surface area contributed by atoms with E-state index in [0.717, 1.165) is 61.7 Å². The maximum atomic E-state index is 12.4. The smallest absolute Gasteiger partial charge is 0.222 e. The molecule has 1 aliphatic heterocycles. The SMILES string of the molecule is NNC=Nc1ccc(OCC[C@@H]2C[C@@H]2C2CCN(C(=O)CC3CCC3)CC2)cc1. The van der Waals surface area contributed by atoms with Crippen LogP contribution in [0.3, 0.4) is 0 Å². The Labute approximate surface area is 173 Å². The van der Waals surface area contributed by atoms with Gasteiger partial charge in [0.1, 0.15) is 12.1 Å². The minimum Gasteiger partial charge on any atom is -0.494 e. The standard InChI is InChI=1S/C23H34N4O2/c24-26-16-25-20-4-6-21(7-5-20)29-13-10-19-15-22(19)18-8-11-27(12-9-18)23(28)14-17-2-1-3-17/h4-7,16-19,22H,1-3,8-15,24H2,(H,25,26)/t19-,22-/m1/s1. The molecule has 2 saturated carbocycles. The molecule has 1 saturated heterocycles. The number of benzene rings is 1. The summed E-state index contributed by atoms with van der Waals surface area (Å²) in [6.07, 6.45) is 10.9. The van der Waals surface area contributed by atoms with E-state index in [1.54, 1.807) is 0 Å². The van der Waals surface area contributed by atoms with Gasteiger partial charge >= 0.3 is 0 Å². The van der Waals surface area contributed by atoms with Gasteiger partial charge in [0.25, 0.3) is 0 Å². The molecular formula is C23H34N4O2. The lowest BCUT2D eigenvalue weighted by atomic mass is 9.82. The third kappa shape index (κ3) is 5.50. The number of rotatable bonds is 9. The number of hydrogen-bond donors (Lipinski definition) is 2. The number of carbonyl (C=O) groups is 1. The van der Waals surface area contributed by atoms with Crippen LogP contribution in [-0.4, -0.2) is 36.8 Å². The zero-order valence-electron chi connectivity index (χ0n) is 17.3. The molecule has 1 aromatic rings. The second kappa shape index (κ2) is 9.61. The van der Waals surface area contributed by atoms with Crippen molar-refractivity contribution < 1.29 is 9.53 Å². The van der Waals surface area contributed by atoms with Crippen LogP contribution in [-0.2, 0) is 4.79 Å². The van der Waals surface area contributed by atoms with Crippen molar-refractivity contribution in [3.05, 3.63) is 24.3 Å². The van der Waals surface area contributed by atoms with E-state index in [1.165, 1.54) is 44.9 Å². The van der Waals surface area contributed by atoms with Crippen molar-refractivity contribution in [2.75, 3.05) is 19.7 Å². The number of likely N-dealkylation sites (tertiary alicyclic amines) is 1. The zero-order valence-corrected chi connectivity index (χ0v) is 17.3. The maximum absolute atomic E-state index is 12.4. The van der Waals surface area contributed by atoms with Crippen LogP contribution in [0, 0.1) is 23.7 Å². The predicted octanol–water partition coefficient (Wildman–Crippen LogP) is 3.64. The molecule has 0 unspecified atom stereocenters. The summed E-state index contributed by atoms with van der Waals surface area (Å²) in [5, 5.41) is 0. The van der Waals surface area contributed by atoms with Gasteiger partial charge in [0.15, 0.2) is 0 Å². The first kappa shape index (κ1) is 20.2. The predicted molar refractivity (Wildman–Crippen MR) is 115 cm³/mol. The van der Waals surface area contributed by atoms with Gasteiger partial charge in [-0.25, -0.2) is 10.8 Å². The Kier molecular flexibility index (Phi) is 6.70. The van der Waals surface area contributed by atoms with Gasteiger partial charge < -0.3 is 15.1 Å². The number of piperidine rings is 1. The van der Waals surface area contributed by atoms with Crippen LogP contribution in [0.15, 0.2) is 29.3 Å². The molecule has 1 heterocycles. The third-order valence-corrected chi connectivity index (χ3v) is 7.05. The van der Waals surface area contributed by atoms with Gasteiger partial charge in [-0.2, -0.15) is 0 Å². The maximum Gasteiger partial charge on any atom is 0.222 e. The van der Waals surface area contributed by atoms with Gasteiger partial charge in [0.2, 0.25) is 5.91 Å². The number of nitrogens with one attached hydrogen (secondary N) is 1. The molecular weight excluding hydrogens is 364 g/mol. The number of amides is 1. The molecule has 3 fully saturated rings. The Balaban J connectivity index is 1.11. The molecule has 4 rings (SSSR count). The van der Waals surface area contributed by atoms with Crippen molar-refractivity contribution in [2.24, 2.45) is 34.5 Å². The molecule has 2 aliphatic carbocycles. The zero-order chi connectivity index (χ0) is 20.1. The average Bonchev–Trinajstić information content (AvgIpc) is 3.49. The number of hydrazine groups is 1. The van der Waals surface area contributed by atoms with E-state index < -0.39 is 0 Å². The fourth-order valence-electron chi connectivity index (χ4n) is 4.90. The van der Waals surface area contributed by atoms with Crippen LogP contribution in [0.4, 0.5) is 5.69 Å². The molecule has 0 aromatic heterocycles. The molecule has 1 aromatic carbocycles. The van der Waals surface area contributed by atoms with Crippen molar-refractivity contribution >= 4 is 17.9 Å². The summed E-state index contributed by atoms with van der Waals surface area (Å²) in [5.41, 5.74) is 3.24. The van der Waals surface area contributed by atoms with Crippen molar-refractivity contribution in [2.45, 2.75) is 51.4 Å². The van der Waals surface area contributed by atoms with Crippen molar-refractivity contribution in [3.63, 3.8) is 0 Å². The molecule has 0 bridgehead atoms. The van der Waals surface area contributed by atoms with Crippen LogP contribution in [0.25, 0.3) is 0 Å². The number of aliphatic imine (C=N–C) groups is 1. The van der Waals surface area contributed by atoms with E-state index in [0.29, 0.717) is 11.8 Å². The van der Waals surface area contributed by atoms with Gasteiger partial charge in [0.05, 0.1) is 12.3 Å². The van der Waals surface area contributed by atoms with Crippen molar-refractivity contribution in [3.8, 4) is 5.75 Å². The Hall–Kier alpha value is -2.08. The van der Waals surface area contributed by atoms with Crippen molar-refractivity contribution in [1.82, 2.24) is 10.3 Å². The summed E-state index contributed by atoms with van der Waals surface area (Å²) in [6.45, 7) is 2.72. The largest absolute Gasteiger partial charge is 0.494 e. The first-order chi connectivity index (χ1) is 14.2. The van der Waals surface area contributed by atoms with E-state index >= 15 is 0 Å². The highest BCUT2D eigenvalue weighted by Gasteiger charge is 2.43. The summed E-state index contributed by atoms with van der Waals surface area (Å²) >= 11 is 0. The van der Waals surface area contributed by atoms with E-state index in [1.807, 2.05) is 24.3 Å². The number of hydrogen-bond acceptors (Lipinski definition) is 4. The van der Waals surface area contributed by atoms with Gasteiger partial charge in [-0.15, -0.1) is 0 Å². The Morgan fingerprint density at radius 3 is 2.62 bits per heavy atom. The van der Waals surface area contributed by atoms with Gasteiger partial charge in [-0.05, 0) is 86.5 Å². The van der Waals surface area contributed by atoms with Crippen molar-refractivity contribution in [1.29, 1.82) is 0 Å². The summed E-state index contributed by atoms with van der Waals surface area (Å²) in [6, 6.07) is 7.74. The van der Waals surface area contributed by atoms with Crippen LogP contribution in [0.5, 0.6) is 5.75 Å². The first-order valence-electron chi connectivity index (χ1n) is 11.2. The summed E-state index contributed by atoms with van der Waals surface area (Å²) in [7, 11) is 0. The molecule has 3 aliphatic rings. The summed E-state index contributed by atoms with van der Waals surface area (Å²) in [5.74, 6) is 9.61. The topological polar surface area (TPSA) is 80.0 Å². The second-order valence-corrected chi connectivity index (χ2v) is 8.93. The minimum atomic E-state index is 0.407. The highest BCUT2D eigenvalue weighted by Crippen LogP contribution is 2.49. The van der Waals surface area contributed by atoms with E-state index in [9.17, 15) is 4.79 Å². The number of ether oxygens (including phenoxy) is 1. The fourth-order valence-corrected chi connectivity index (χ4v) is 4.90. The normalized spacial score (nSPS) is 25.1. The monoisotopic (exact) mass is 398 g/mol. The average molecular weight is 399 g/mol. The number of nitrogens with two attached hydrogens (primary N) is 1. The quantitative estimate of drug-likeness (QED) is 0.288. The summed E-state index contributed by atoms with van der Waals surface area (Å²) in [4.78, 5) is 18.7. The van der Waals surface area contributed by atoms with E-state index in [4.69, 9.17) is 10.6 Å². The molecule has 29 heavy (non-hydrogen) atoms. The molecule has 6 heteroatoms. The van der Waals surface area contributed by atoms with E-state index in [-0.39, 0.29) is 0 Å². The third-order valence-electron chi connectivity index (χ3n) is 7.05. The second-order valence-electron chi connectivity index (χ2n) is 8.93. The Bertz CT molecular complexity index is 693. The molecule has 0 radical (unpaired) electrons. The molecule has 6 nitrogen and oxygen atoms in total.